The maximum atomic E-state index is 5.41. The molecule has 2 aromatic rings. The fourth-order valence-electron chi connectivity index (χ4n) is 2.14. The topological polar surface area (TPSA) is 66.9 Å². The fraction of sp³-hybridized carbons (Fsp3) is 0.545. The van der Waals surface area contributed by atoms with Crippen molar-refractivity contribution in [3.63, 3.8) is 0 Å². The van der Waals surface area contributed by atoms with Gasteiger partial charge in [-0.2, -0.15) is 10.1 Å². The smallest absolute Gasteiger partial charge is 0.227 e. The Morgan fingerprint density at radius 1 is 1.41 bits per heavy atom. The van der Waals surface area contributed by atoms with Crippen molar-refractivity contribution in [2.75, 3.05) is 25.1 Å². The molecule has 6 heteroatoms. The van der Waals surface area contributed by atoms with Crippen LogP contribution in [0.3, 0.4) is 0 Å². The SMILES string of the molecule is COC1(C)CN(c2nc(C)c3cn[nH]c3n2)C1. The quantitative estimate of drug-likeness (QED) is 0.834. The van der Waals surface area contributed by atoms with Gasteiger partial charge in [-0.25, -0.2) is 4.98 Å². The Kier molecular flexibility index (Phi) is 2.09. The van der Waals surface area contributed by atoms with Crippen molar-refractivity contribution in [2.24, 2.45) is 0 Å². The molecule has 0 unspecified atom stereocenters. The number of hydrogen-bond donors (Lipinski definition) is 1. The van der Waals surface area contributed by atoms with Gasteiger partial charge in [0.15, 0.2) is 5.65 Å². The Morgan fingerprint density at radius 3 is 2.88 bits per heavy atom. The Labute approximate surface area is 99.0 Å². The second kappa shape index (κ2) is 3.40. The average molecular weight is 233 g/mol. The second-order valence-electron chi connectivity index (χ2n) is 4.75. The molecule has 6 nitrogen and oxygen atoms in total. The number of nitrogens with one attached hydrogen (secondary N) is 1. The van der Waals surface area contributed by atoms with E-state index in [2.05, 4.69) is 32.0 Å². The minimum Gasteiger partial charge on any atom is -0.375 e. The van der Waals surface area contributed by atoms with Gasteiger partial charge in [0.2, 0.25) is 5.95 Å². The highest BCUT2D eigenvalue weighted by Gasteiger charge is 2.40. The number of aromatic nitrogens is 4. The number of nitrogens with zero attached hydrogens (tertiary/aromatic N) is 4. The summed E-state index contributed by atoms with van der Waals surface area (Å²) in [4.78, 5) is 11.1. The fourth-order valence-corrected chi connectivity index (χ4v) is 2.14. The third kappa shape index (κ3) is 1.56. The normalized spacial score (nSPS) is 18.4. The zero-order valence-electron chi connectivity index (χ0n) is 10.2. The molecule has 0 spiro atoms. The predicted octanol–water partition coefficient (Wildman–Crippen LogP) is 0.886. The molecule has 1 fully saturated rings. The summed E-state index contributed by atoms with van der Waals surface area (Å²) in [7, 11) is 1.74. The number of aryl methyl sites for hydroxylation is 1. The summed E-state index contributed by atoms with van der Waals surface area (Å²) in [6.07, 6.45) is 1.75. The molecule has 0 atom stereocenters. The first-order chi connectivity index (χ1) is 8.11. The van der Waals surface area contributed by atoms with Crippen LogP contribution in [-0.4, -0.2) is 46.0 Å². The zero-order valence-corrected chi connectivity index (χ0v) is 10.2. The third-order valence-electron chi connectivity index (χ3n) is 3.31. The van der Waals surface area contributed by atoms with E-state index in [0.717, 1.165) is 35.8 Å². The van der Waals surface area contributed by atoms with E-state index >= 15 is 0 Å². The molecular weight excluding hydrogens is 218 g/mol. The first kappa shape index (κ1) is 10.5. The van der Waals surface area contributed by atoms with Crippen LogP contribution in [0.4, 0.5) is 5.95 Å². The molecule has 0 bridgehead atoms. The van der Waals surface area contributed by atoms with E-state index in [0.29, 0.717) is 0 Å². The standard InChI is InChI=1S/C11H15N5O/c1-7-8-4-12-15-9(8)14-10(13-7)16-5-11(2,6-16)17-3/h4H,5-6H2,1-3H3,(H,12,13,14,15). The van der Waals surface area contributed by atoms with Crippen LogP contribution in [0, 0.1) is 6.92 Å². The van der Waals surface area contributed by atoms with Crippen LogP contribution in [0.2, 0.25) is 0 Å². The number of fused-ring (bicyclic) bond motifs is 1. The lowest BCUT2D eigenvalue weighted by Crippen LogP contribution is -2.61. The molecule has 2 aromatic heterocycles. The minimum absolute atomic E-state index is 0.0692. The number of H-pyrrole nitrogens is 1. The molecule has 90 valence electrons. The van der Waals surface area contributed by atoms with Crippen molar-refractivity contribution in [1.29, 1.82) is 0 Å². The van der Waals surface area contributed by atoms with E-state index in [1.807, 2.05) is 6.92 Å². The van der Waals surface area contributed by atoms with Crippen LogP contribution < -0.4 is 4.90 Å². The van der Waals surface area contributed by atoms with Gasteiger partial charge in [0.25, 0.3) is 0 Å². The van der Waals surface area contributed by atoms with Gasteiger partial charge in [-0.1, -0.05) is 0 Å². The molecule has 3 heterocycles. The van der Waals surface area contributed by atoms with E-state index in [1.54, 1.807) is 13.3 Å². The predicted molar refractivity (Wildman–Crippen MR) is 64.0 cm³/mol. The largest absolute Gasteiger partial charge is 0.375 e. The molecule has 0 saturated carbocycles. The molecule has 0 aromatic carbocycles. The lowest BCUT2D eigenvalue weighted by Gasteiger charge is -2.46. The summed E-state index contributed by atoms with van der Waals surface area (Å²) in [6.45, 7) is 5.70. The van der Waals surface area contributed by atoms with Gasteiger partial charge in [-0.3, -0.25) is 5.10 Å². The molecule has 3 rings (SSSR count). The first-order valence-electron chi connectivity index (χ1n) is 5.59. The third-order valence-corrected chi connectivity index (χ3v) is 3.31. The monoisotopic (exact) mass is 233 g/mol. The van der Waals surface area contributed by atoms with E-state index < -0.39 is 0 Å². The number of ether oxygens (including phenoxy) is 1. The minimum atomic E-state index is -0.0692. The van der Waals surface area contributed by atoms with E-state index in [-0.39, 0.29) is 5.60 Å². The molecule has 17 heavy (non-hydrogen) atoms. The summed E-state index contributed by atoms with van der Waals surface area (Å²) in [5.74, 6) is 0.744. The molecule has 1 aliphatic rings. The van der Waals surface area contributed by atoms with Gasteiger partial charge in [0.05, 0.1) is 30.4 Å². The summed E-state index contributed by atoms with van der Waals surface area (Å²) >= 11 is 0. The summed E-state index contributed by atoms with van der Waals surface area (Å²) in [5.41, 5.74) is 1.67. The first-order valence-corrected chi connectivity index (χ1v) is 5.59. The number of hydrogen-bond acceptors (Lipinski definition) is 5. The Balaban J connectivity index is 1.92. The molecule has 0 radical (unpaired) electrons. The highest BCUT2D eigenvalue weighted by atomic mass is 16.5. The van der Waals surface area contributed by atoms with Crippen LogP contribution in [-0.2, 0) is 4.74 Å². The second-order valence-corrected chi connectivity index (χ2v) is 4.75. The zero-order chi connectivity index (χ0) is 12.0. The Morgan fingerprint density at radius 2 is 2.18 bits per heavy atom. The highest BCUT2D eigenvalue weighted by molar-refractivity contribution is 5.77. The lowest BCUT2D eigenvalue weighted by molar-refractivity contribution is -0.0175. The lowest BCUT2D eigenvalue weighted by atomic mass is 9.97. The van der Waals surface area contributed by atoms with Crippen LogP contribution >= 0.6 is 0 Å². The average Bonchev–Trinajstić information content (AvgIpc) is 2.73. The number of methoxy groups -OCH3 is 1. The van der Waals surface area contributed by atoms with Gasteiger partial charge in [-0.05, 0) is 13.8 Å². The van der Waals surface area contributed by atoms with Crippen LogP contribution in [0.1, 0.15) is 12.6 Å². The molecule has 1 saturated heterocycles. The van der Waals surface area contributed by atoms with Crippen LogP contribution in [0.25, 0.3) is 11.0 Å². The Bertz CT molecular complexity index is 558. The summed E-state index contributed by atoms with van der Waals surface area (Å²) in [5, 5.41) is 7.84. The van der Waals surface area contributed by atoms with Crippen molar-refractivity contribution in [2.45, 2.75) is 19.4 Å². The van der Waals surface area contributed by atoms with Gasteiger partial charge in [0.1, 0.15) is 5.60 Å². The number of anilines is 1. The number of rotatable bonds is 2. The maximum absolute atomic E-state index is 5.41. The molecule has 0 aliphatic carbocycles. The molecule has 1 N–H and O–H groups in total. The van der Waals surface area contributed by atoms with Crippen molar-refractivity contribution in [1.82, 2.24) is 20.2 Å². The van der Waals surface area contributed by atoms with Crippen LogP contribution in [0.15, 0.2) is 6.20 Å². The maximum Gasteiger partial charge on any atom is 0.227 e. The van der Waals surface area contributed by atoms with Gasteiger partial charge >= 0.3 is 0 Å². The van der Waals surface area contributed by atoms with Gasteiger partial charge in [-0.15, -0.1) is 0 Å². The summed E-state index contributed by atoms with van der Waals surface area (Å²) in [6, 6.07) is 0. The van der Waals surface area contributed by atoms with Gasteiger partial charge in [0, 0.05) is 7.11 Å². The van der Waals surface area contributed by atoms with Crippen LogP contribution in [0.5, 0.6) is 0 Å². The number of aromatic amines is 1. The van der Waals surface area contributed by atoms with Gasteiger partial charge < -0.3 is 9.64 Å². The van der Waals surface area contributed by atoms with Crippen molar-refractivity contribution >= 4 is 17.0 Å². The van der Waals surface area contributed by atoms with E-state index in [4.69, 9.17) is 4.74 Å². The molecular formula is C11H15N5O. The molecule has 1 aliphatic heterocycles. The summed E-state index contributed by atoms with van der Waals surface area (Å²) < 4.78 is 5.41. The van der Waals surface area contributed by atoms with Crippen molar-refractivity contribution < 1.29 is 4.74 Å². The van der Waals surface area contributed by atoms with Crippen molar-refractivity contribution in [3.8, 4) is 0 Å². The highest BCUT2D eigenvalue weighted by Crippen LogP contribution is 2.28. The Hall–Kier alpha value is -1.69. The molecule has 0 amide bonds. The van der Waals surface area contributed by atoms with E-state index in [9.17, 15) is 0 Å². The van der Waals surface area contributed by atoms with Crippen molar-refractivity contribution in [3.05, 3.63) is 11.9 Å². The van der Waals surface area contributed by atoms with E-state index in [1.165, 1.54) is 0 Å².